The highest BCUT2D eigenvalue weighted by atomic mass is 28.3. The van der Waals surface area contributed by atoms with Gasteiger partial charge in [-0.15, -0.1) is 0 Å². The standard InChI is InChI=1S/C68H94N4Si8/c1-73(2,3)49-33-45(34-50(41-49)74(4,5)6)65-57-25-27-59(69-57)66(46-35-51(75(7,8)9)42-52(36-46)76(10,11)12)61-29-31-63(71-61)68(48-39-55(79(19,20)21)44-56(40-48)80(22,23)24)64-32-30-62(72-64)67(60-28-26-58(65)70-60)47-37-53(77(13,14)15)43-54(38-47)78(16,17)18/h25-44,69-70H,1-24H3. The summed E-state index contributed by atoms with van der Waals surface area (Å²) in [6.45, 7) is 59.8. The molecule has 12 heteroatoms. The van der Waals surface area contributed by atoms with Gasteiger partial charge in [0.2, 0.25) is 0 Å². The van der Waals surface area contributed by atoms with Gasteiger partial charge in [0.1, 0.15) is 0 Å². The summed E-state index contributed by atoms with van der Waals surface area (Å²) in [5.41, 5.74) is 17.7. The number of H-pyrrole nitrogens is 2. The molecule has 4 aromatic carbocycles. The van der Waals surface area contributed by atoms with E-state index in [1.54, 1.807) is 0 Å². The van der Waals surface area contributed by atoms with Crippen LogP contribution in [0.4, 0.5) is 0 Å². The van der Waals surface area contributed by atoms with Crippen LogP contribution in [0, 0.1) is 0 Å². The summed E-state index contributed by atoms with van der Waals surface area (Å²) >= 11 is 0. The van der Waals surface area contributed by atoms with Crippen molar-refractivity contribution < 1.29 is 0 Å². The molecule has 2 aliphatic rings. The van der Waals surface area contributed by atoms with Crippen molar-refractivity contribution in [3.63, 3.8) is 0 Å². The van der Waals surface area contributed by atoms with E-state index in [0.717, 1.165) is 61.5 Å². The van der Waals surface area contributed by atoms with E-state index in [9.17, 15) is 0 Å². The smallest absolute Gasteiger partial charge is 0.0776 e. The Morgan fingerprint density at radius 2 is 0.400 bits per heavy atom. The summed E-state index contributed by atoms with van der Waals surface area (Å²) in [6.07, 6.45) is 9.21. The van der Waals surface area contributed by atoms with Gasteiger partial charge in [-0.1, -0.05) is 271 Å². The molecule has 0 amide bonds. The monoisotopic (exact) mass is 1190 g/mol. The molecular formula is C68H94N4Si8. The second kappa shape index (κ2) is 20.5. The molecule has 80 heavy (non-hydrogen) atoms. The predicted octanol–water partition coefficient (Wildman–Crippen LogP) is 15.7. The lowest BCUT2D eigenvalue weighted by molar-refractivity contribution is 1.28. The minimum absolute atomic E-state index is 0.960. The first kappa shape index (κ1) is 59.8. The molecule has 4 nitrogen and oxygen atoms in total. The molecule has 418 valence electrons. The summed E-state index contributed by atoms with van der Waals surface area (Å²) in [7, 11) is -14.2. The van der Waals surface area contributed by atoms with Gasteiger partial charge >= 0.3 is 0 Å². The van der Waals surface area contributed by atoms with E-state index in [-0.39, 0.29) is 0 Å². The number of benzene rings is 4. The minimum atomic E-state index is -1.78. The van der Waals surface area contributed by atoms with Gasteiger partial charge in [0, 0.05) is 44.3 Å². The number of nitrogens with zero attached hydrogens (tertiary/aromatic N) is 2. The van der Waals surface area contributed by atoms with Crippen LogP contribution in [0.15, 0.2) is 97.1 Å². The zero-order chi connectivity index (χ0) is 58.8. The van der Waals surface area contributed by atoms with Crippen molar-refractivity contribution in [3.8, 4) is 44.5 Å². The topological polar surface area (TPSA) is 57.4 Å². The fourth-order valence-corrected chi connectivity index (χ4v) is 21.0. The van der Waals surface area contributed by atoms with Crippen LogP contribution in [-0.4, -0.2) is 84.5 Å². The van der Waals surface area contributed by atoms with Gasteiger partial charge in [0.15, 0.2) is 0 Å². The molecule has 5 heterocycles. The molecule has 0 aliphatic carbocycles. The maximum Gasteiger partial charge on any atom is 0.0776 e. The van der Waals surface area contributed by atoms with Crippen LogP contribution in [0.5, 0.6) is 0 Å². The lowest BCUT2D eigenvalue weighted by Gasteiger charge is -2.24. The fraction of sp³-hybridized carbons (Fsp3) is 0.353. The van der Waals surface area contributed by atoms with Crippen molar-refractivity contribution >= 4 is 152 Å². The normalized spacial score (nSPS) is 13.9. The Morgan fingerprint density at radius 1 is 0.225 bits per heavy atom. The molecule has 2 aliphatic heterocycles. The molecule has 0 unspecified atom stereocenters. The Hall–Kier alpha value is -4.78. The second-order valence-corrected chi connectivity index (χ2v) is 72.3. The van der Waals surface area contributed by atoms with Crippen LogP contribution in [0.25, 0.3) is 90.9 Å². The van der Waals surface area contributed by atoms with Crippen LogP contribution in [0.3, 0.4) is 0 Å². The molecular weight excluding hydrogens is 1100 g/mol. The van der Waals surface area contributed by atoms with Gasteiger partial charge in [-0.05, 0) is 70.8 Å². The molecule has 2 N–H and O–H groups in total. The Morgan fingerprint density at radius 3 is 0.613 bits per heavy atom. The zero-order valence-corrected chi connectivity index (χ0v) is 61.4. The molecule has 3 aromatic heterocycles. The van der Waals surface area contributed by atoms with E-state index in [0.29, 0.717) is 0 Å². The summed E-state index contributed by atoms with van der Waals surface area (Å²) in [5, 5.41) is 11.9. The Labute approximate surface area is 490 Å². The van der Waals surface area contributed by atoms with Crippen molar-refractivity contribution in [2.45, 2.75) is 157 Å². The first-order chi connectivity index (χ1) is 36.6. The van der Waals surface area contributed by atoms with E-state index in [2.05, 4.69) is 288 Å². The van der Waals surface area contributed by atoms with Gasteiger partial charge in [-0.25, -0.2) is 9.97 Å². The van der Waals surface area contributed by atoms with Gasteiger partial charge in [-0.3, -0.25) is 0 Å². The highest BCUT2D eigenvalue weighted by Gasteiger charge is 2.31. The van der Waals surface area contributed by atoms with Gasteiger partial charge in [-0.2, -0.15) is 0 Å². The third-order valence-corrected chi connectivity index (χ3v) is 32.7. The number of aromatic amines is 2. The Kier molecular flexibility index (Phi) is 15.4. The van der Waals surface area contributed by atoms with Crippen molar-refractivity contribution in [1.82, 2.24) is 19.9 Å². The molecule has 0 fully saturated rings. The second-order valence-electron chi connectivity index (χ2n) is 31.7. The lowest BCUT2D eigenvalue weighted by Crippen LogP contribution is -2.45. The van der Waals surface area contributed by atoms with E-state index >= 15 is 0 Å². The average molecular weight is 1190 g/mol. The number of fused-ring (bicyclic) bond motifs is 8. The molecule has 0 radical (unpaired) electrons. The van der Waals surface area contributed by atoms with Crippen LogP contribution in [-0.2, 0) is 0 Å². The molecule has 0 atom stereocenters. The summed E-state index contributed by atoms with van der Waals surface area (Å²) in [5.74, 6) is 0. The number of hydrogen-bond acceptors (Lipinski definition) is 2. The van der Waals surface area contributed by atoms with Crippen molar-refractivity contribution in [2.75, 3.05) is 0 Å². The van der Waals surface area contributed by atoms with E-state index in [1.165, 1.54) is 69.3 Å². The van der Waals surface area contributed by atoms with Gasteiger partial charge < -0.3 is 9.97 Å². The highest BCUT2D eigenvalue weighted by molar-refractivity contribution is 6.94. The van der Waals surface area contributed by atoms with E-state index in [1.807, 2.05) is 0 Å². The van der Waals surface area contributed by atoms with E-state index in [4.69, 9.17) is 9.97 Å². The van der Waals surface area contributed by atoms with E-state index < -0.39 is 64.6 Å². The predicted molar refractivity (Wildman–Crippen MR) is 384 cm³/mol. The molecule has 8 bridgehead atoms. The summed E-state index contributed by atoms with van der Waals surface area (Å²) < 4.78 is 0. The SMILES string of the molecule is C[Si](C)(C)c1cc(-c2c3nc(c(-c4cc([Si](C)(C)C)cc([Si](C)(C)C)c4)c4ccc([nH]4)c(-c4cc([Si](C)(C)C)cc([Si](C)(C)C)c4)c4ccc([nH]4)c(-c4cc([Si](C)(C)C)cc([Si](C)(C)C)c4)c4nc2C=C4)C=C3)cc([Si](C)(C)C)c1. The van der Waals surface area contributed by atoms with Crippen LogP contribution < -0.4 is 41.5 Å². The Bertz CT molecular complexity index is 3550. The van der Waals surface area contributed by atoms with Crippen molar-refractivity contribution in [3.05, 3.63) is 120 Å². The molecule has 9 rings (SSSR count). The summed E-state index contributed by atoms with van der Waals surface area (Å²) in [4.78, 5) is 20.3. The fourth-order valence-electron chi connectivity index (χ4n) is 11.0. The van der Waals surface area contributed by atoms with Crippen molar-refractivity contribution in [1.29, 1.82) is 0 Å². The molecule has 7 aromatic rings. The van der Waals surface area contributed by atoms with Crippen LogP contribution in [0.1, 0.15) is 22.8 Å². The maximum atomic E-state index is 5.92. The quantitative estimate of drug-likeness (QED) is 0.120. The largest absolute Gasteiger partial charge is 0.354 e. The number of nitrogens with one attached hydrogen (secondary N) is 2. The highest BCUT2D eigenvalue weighted by Crippen LogP contribution is 2.39. The summed E-state index contributed by atoms with van der Waals surface area (Å²) in [6, 6.07) is 39.8. The zero-order valence-electron chi connectivity index (χ0n) is 53.4. The van der Waals surface area contributed by atoms with Gasteiger partial charge in [0.25, 0.3) is 0 Å². The molecule has 0 saturated heterocycles. The molecule has 0 spiro atoms. The van der Waals surface area contributed by atoms with Gasteiger partial charge in [0.05, 0.1) is 87.4 Å². The third kappa shape index (κ3) is 12.4. The van der Waals surface area contributed by atoms with Crippen LogP contribution >= 0.6 is 0 Å². The first-order valence-corrected chi connectivity index (χ1v) is 57.5. The Balaban J connectivity index is 1.56. The molecule has 0 saturated carbocycles. The van der Waals surface area contributed by atoms with Crippen molar-refractivity contribution in [2.24, 2.45) is 0 Å². The maximum absolute atomic E-state index is 5.92. The first-order valence-electron chi connectivity index (χ1n) is 29.5. The number of hydrogen-bond donors (Lipinski definition) is 2. The third-order valence-electron chi connectivity index (χ3n) is 16.6. The lowest BCUT2D eigenvalue weighted by atomic mass is 10.0. The number of rotatable bonds is 12. The average Bonchev–Trinajstić information content (AvgIpc) is 4.17. The minimum Gasteiger partial charge on any atom is -0.354 e. The van der Waals surface area contributed by atoms with Crippen LogP contribution in [0.2, 0.25) is 157 Å². The number of aromatic nitrogens is 4.